The highest BCUT2D eigenvalue weighted by Gasteiger charge is 2.40. The molecule has 0 aliphatic heterocycles. The first-order valence-corrected chi connectivity index (χ1v) is 10.1. The van der Waals surface area contributed by atoms with E-state index in [9.17, 15) is 5.26 Å². The van der Waals surface area contributed by atoms with Crippen molar-refractivity contribution in [2.75, 3.05) is 7.11 Å². The first kappa shape index (κ1) is 14.1. The molecule has 4 heteroatoms. The molecule has 0 heterocycles. The molecule has 1 aliphatic rings. The Kier molecular flexibility index (Phi) is 3.70. The maximum Gasteiger partial charge on any atom is 0.185 e. The molecule has 3 nitrogen and oxygen atoms in total. The highest BCUT2D eigenvalue weighted by molar-refractivity contribution is 6.69. The number of benzene rings is 1. The molecule has 19 heavy (non-hydrogen) atoms. The van der Waals surface area contributed by atoms with Crippen molar-refractivity contribution in [2.45, 2.75) is 44.5 Å². The summed E-state index contributed by atoms with van der Waals surface area (Å²) >= 11 is 0. The predicted molar refractivity (Wildman–Crippen MR) is 77.8 cm³/mol. The predicted octanol–water partition coefficient (Wildman–Crippen LogP) is 3.30. The molecular weight excluding hydrogens is 254 g/mol. The normalized spacial score (nSPS) is 22.5. The molecule has 1 aromatic rings. The third-order valence-electron chi connectivity index (χ3n) is 3.42. The van der Waals surface area contributed by atoms with E-state index in [4.69, 9.17) is 9.16 Å². The smallest absolute Gasteiger partial charge is 0.185 e. The lowest BCUT2D eigenvalue weighted by Crippen LogP contribution is -2.45. The Morgan fingerprint density at radius 1 is 1.32 bits per heavy atom. The Hall–Kier alpha value is -1.31. The largest absolute Gasteiger partial charge is 0.496 e. The standard InChI is InChI=1S/C15H21NO2Si/c1-17-14-7-5-6-12-8-9-15(11-16,10-13(12)14)18-19(2,3)4/h5-7H,8-10H2,1-4H3. The van der Waals surface area contributed by atoms with Crippen molar-refractivity contribution in [1.29, 1.82) is 5.26 Å². The number of nitriles is 1. The van der Waals surface area contributed by atoms with Gasteiger partial charge >= 0.3 is 0 Å². The minimum atomic E-state index is -1.75. The SMILES string of the molecule is COc1cccc2c1CC(C#N)(O[Si](C)(C)C)CC2. The van der Waals surface area contributed by atoms with Crippen molar-refractivity contribution in [3.8, 4) is 11.8 Å². The van der Waals surface area contributed by atoms with Gasteiger partial charge in [-0.25, -0.2) is 0 Å². The maximum atomic E-state index is 9.60. The summed E-state index contributed by atoms with van der Waals surface area (Å²) in [6.07, 6.45) is 2.28. The minimum Gasteiger partial charge on any atom is -0.496 e. The van der Waals surface area contributed by atoms with Crippen LogP contribution in [-0.4, -0.2) is 21.0 Å². The summed E-state index contributed by atoms with van der Waals surface area (Å²) in [5.41, 5.74) is 1.74. The highest BCUT2D eigenvalue weighted by atomic mass is 28.4. The number of ether oxygens (including phenoxy) is 1. The van der Waals surface area contributed by atoms with Crippen molar-refractivity contribution >= 4 is 8.32 Å². The molecule has 0 N–H and O–H groups in total. The maximum absolute atomic E-state index is 9.60. The second-order valence-electron chi connectivity index (χ2n) is 6.10. The molecular formula is C15H21NO2Si. The monoisotopic (exact) mass is 275 g/mol. The summed E-state index contributed by atoms with van der Waals surface area (Å²) in [5, 5.41) is 9.60. The van der Waals surface area contributed by atoms with E-state index < -0.39 is 13.9 Å². The van der Waals surface area contributed by atoms with Crippen molar-refractivity contribution in [3.63, 3.8) is 0 Å². The van der Waals surface area contributed by atoms with Gasteiger partial charge in [0.25, 0.3) is 0 Å². The van der Waals surface area contributed by atoms with Gasteiger partial charge in [0.15, 0.2) is 8.32 Å². The van der Waals surface area contributed by atoms with E-state index in [1.165, 1.54) is 5.56 Å². The van der Waals surface area contributed by atoms with E-state index in [-0.39, 0.29) is 0 Å². The van der Waals surface area contributed by atoms with Crippen molar-refractivity contribution in [2.24, 2.45) is 0 Å². The first-order valence-electron chi connectivity index (χ1n) is 6.65. The van der Waals surface area contributed by atoms with Crippen LogP contribution >= 0.6 is 0 Å². The lowest BCUT2D eigenvalue weighted by atomic mass is 9.81. The second kappa shape index (κ2) is 4.99. The molecule has 102 valence electrons. The van der Waals surface area contributed by atoms with Crippen molar-refractivity contribution in [3.05, 3.63) is 29.3 Å². The van der Waals surface area contributed by atoms with E-state index >= 15 is 0 Å². The minimum absolute atomic E-state index is 0.632. The van der Waals surface area contributed by atoms with Crippen LogP contribution in [0.15, 0.2) is 18.2 Å². The molecule has 0 spiro atoms. The summed E-state index contributed by atoms with van der Waals surface area (Å²) in [7, 11) is -0.0719. The van der Waals surface area contributed by atoms with Gasteiger partial charge in [-0.15, -0.1) is 0 Å². The number of nitrogens with zero attached hydrogens (tertiary/aromatic N) is 1. The number of methoxy groups -OCH3 is 1. The van der Waals surface area contributed by atoms with Gasteiger partial charge in [-0.05, 0) is 44.1 Å². The molecule has 1 aromatic carbocycles. The van der Waals surface area contributed by atoms with Gasteiger partial charge in [0.1, 0.15) is 11.4 Å². The Morgan fingerprint density at radius 2 is 2.05 bits per heavy atom. The zero-order valence-electron chi connectivity index (χ0n) is 12.1. The van der Waals surface area contributed by atoms with E-state index in [0.717, 1.165) is 24.2 Å². The number of hydrogen-bond donors (Lipinski definition) is 0. The molecule has 1 unspecified atom stereocenters. The third kappa shape index (κ3) is 2.99. The number of aryl methyl sites for hydroxylation is 1. The van der Waals surface area contributed by atoms with Crippen molar-refractivity contribution < 1.29 is 9.16 Å². The van der Waals surface area contributed by atoms with Crippen LogP contribution in [0.1, 0.15) is 17.5 Å². The number of hydrogen-bond acceptors (Lipinski definition) is 3. The lowest BCUT2D eigenvalue weighted by Gasteiger charge is -2.37. The van der Waals surface area contributed by atoms with Gasteiger partial charge in [-0.1, -0.05) is 12.1 Å². The molecule has 0 aromatic heterocycles. The average Bonchev–Trinajstić information content (AvgIpc) is 2.36. The molecule has 1 aliphatic carbocycles. The van der Waals surface area contributed by atoms with Gasteiger partial charge < -0.3 is 9.16 Å². The molecule has 0 radical (unpaired) electrons. The van der Waals surface area contributed by atoms with Gasteiger partial charge in [-0.3, -0.25) is 0 Å². The molecule has 2 rings (SSSR count). The fourth-order valence-corrected chi connectivity index (χ4v) is 4.13. The molecule has 0 fully saturated rings. The summed E-state index contributed by atoms with van der Waals surface area (Å²) in [5.74, 6) is 0.871. The molecule has 0 saturated heterocycles. The van der Waals surface area contributed by atoms with Crippen LogP contribution in [-0.2, 0) is 17.3 Å². The van der Waals surface area contributed by atoms with Crippen LogP contribution in [0, 0.1) is 11.3 Å². The van der Waals surface area contributed by atoms with Gasteiger partial charge in [-0.2, -0.15) is 5.26 Å². The van der Waals surface area contributed by atoms with E-state index in [2.05, 4.69) is 31.8 Å². The van der Waals surface area contributed by atoms with Gasteiger partial charge in [0, 0.05) is 12.0 Å². The molecule has 0 amide bonds. The summed E-state index contributed by atoms with van der Waals surface area (Å²) < 4.78 is 11.6. The van der Waals surface area contributed by atoms with Crippen LogP contribution in [0.3, 0.4) is 0 Å². The third-order valence-corrected chi connectivity index (χ3v) is 4.42. The fraction of sp³-hybridized carbons (Fsp3) is 0.533. The van der Waals surface area contributed by atoms with E-state index in [0.29, 0.717) is 6.42 Å². The Balaban J connectivity index is 2.36. The Morgan fingerprint density at radius 3 is 2.63 bits per heavy atom. The number of fused-ring (bicyclic) bond motifs is 1. The van der Waals surface area contributed by atoms with E-state index in [1.807, 2.05) is 12.1 Å². The Bertz CT molecular complexity index is 502. The van der Waals surface area contributed by atoms with Gasteiger partial charge in [0.2, 0.25) is 0 Å². The second-order valence-corrected chi connectivity index (χ2v) is 10.5. The summed E-state index contributed by atoms with van der Waals surface area (Å²) in [6, 6.07) is 8.51. The number of rotatable bonds is 3. The quantitative estimate of drug-likeness (QED) is 0.795. The van der Waals surface area contributed by atoms with Crippen LogP contribution in [0.5, 0.6) is 5.75 Å². The molecule has 1 atom stereocenters. The molecule has 0 bridgehead atoms. The van der Waals surface area contributed by atoms with E-state index in [1.54, 1.807) is 7.11 Å². The van der Waals surface area contributed by atoms with Crippen LogP contribution in [0.25, 0.3) is 0 Å². The highest BCUT2D eigenvalue weighted by Crippen LogP contribution is 2.37. The topological polar surface area (TPSA) is 42.2 Å². The molecule has 0 saturated carbocycles. The summed E-state index contributed by atoms with van der Waals surface area (Å²) in [4.78, 5) is 0. The van der Waals surface area contributed by atoms with Gasteiger partial charge in [0.05, 0.1) is 13.2 Å². The zero-order valence-corrected chi connectivity index (χ0v) is 13.1. The summed E-state index contributed by atoms with van der Waals surface area (Å²) in [6.45, 7) is 6.39. The lowest BCUT2D eigenvalue weighted by molar-refractivity contribution is 0.103. The average molecular weight is 275 g/mol. The first-order chi connectivity index (χ1) is 8.89. The zero-order chi connectivity index (χ0) is 14.1. The van der Waals surface area contributed by atoms with Crippen molar-refractivity contribution in [1.82, 2.24) is 0 Å². The fourth-order valence-electron chi connectivity index (χ4n) is 2.74. The van der Waals surface area contributed by atoms with Crippen LogP contribution in [0.4, 0.5) is 0 Å². The van der Waals surface area contributed by atoms with Crippen LogP contribution in [0.2, 0.25) is 19.6 Å². The Labute approximate surface area is 116 Å². The van der Waals surface area contributed by atoms with Crippen LogP contribution < -0.4 is 4.74 Å².